The molecule has 0 saturated carbocycles. The topological polar surface area (TPSA) is 24.9 Å². The lowest BCUT2D eigenvalue weighted by atomic mass is 9.96. The molecule has 1 aliphatic rings. The monoisotopic (exact) mass is 292 g/mol. The van der Waals surface area contributed by atoms with Crippen LogP contribution in [0.15, 0.2) is 24.3 Å². The van der Waals surface area contributed by atoms with Gasteiger partial charge in [0.2, 0.25) is 0 Å². The van der Waals surface area contributed by atoms with Gasteiger partial charge in [0.1, 0.15) is 0 Å². The van der Waals surface area contributed by atoms with Gasteiger partial charge in [-0.05, 0) is 42.5 Å². The van der Waals surface area contributed by atoms with E-state index in [9.17, 15) is 0 Å². The molecular weight excluding hydrogens is 272 g/mol. The predicted molar refractivity (Wildman–Crippen MR) is 86.2 cm³/mol. The molecule has 1 aromatic heterocycles. The summed E-state index contributed by atoms with van der Waals surface area (Å²) >= 11 is 3.95. The van der Waals surface area contributed by atoms with Gasteiger partial charge in [-0.25, -0.2) is 4.98 Å². The van der Waals surface area contributed by atoms with E-state index in [1.807, 2.05) is 11.3 Å². The van der Waals surface area contributed by atoms with Crippen molar-refractivity contribution in [3.63, 3.8) is 0 Å². The molecule has 1 fully saturated rings. The normalized spacial score (nSPS) is 21.0. The molecule has 0 amide bonds. The highest BCUT2D eigenvalue weighted by Crippen LogP contribution is 2.29. The SMILES string of the molecule is CCNC(Cc1nc2ccccc2s1)C1CCSC1. The van der Waals surface area contributed by atoms with Gasteiger partial charge < -0.3 is 5.32 Å². The van der Waals surface area contributed by atoms with Gasteiger partial charge >= 0.3 is 0 Å². The summed E-state index contributed by atoms with van der Waals surface area (Å²) < 4.78 is 1.31. The van der Waals surface area contributed by atoms with Crippen molar-refractivity contribution in [2.45, 2.75) is 25.8 Å². The Hall–Kier alpha value is -0.580. The van der Waals surface area contributed by atoms with E-state index >= 15 is 0 Å². The number of para-hydroxylation sites is 1. The molecule has 0 bridgehead atoms. The fourth-order valence-corrected chi connectivity index (χ4v) is 5.10. The first-order chi connectivity index (χ1) is 9.36. The molecule has 1 aliphatic heterocycles. The minimum atomic E-state index is 0.598. The number of nitrogens with zero attached hydrogens (tertiary/aromatic N) is 1. The number of rotatable bonds is 5. The van der Waals surface area contributed by atoms with Crippen molar-refractivity contribution in [3.8, 4) is 0 Å². The van der Waals surface area contributed by atoms with E-state index in [0.29, 0.717) is 6.04 Å². The van der Waals surface area contributed by atoms with Crippen LogP contribution in [0.5, 0.6) is 0 Å². The van der Waals surface area contributed by atoms with E-state index in [2.05, 4.69) is 48.3 Å². The van der Waals surface area contributed by atoms with Crippen molar-refractivity contribution in [1.29, 1.82) is 0 Å². The Morgan fingerprint density at radius 3 is 3.05 bits per heavy atom. The number of fused-ring (bicyclic) bond motifs is 1. The number of thioether (sulfide) groups is 1. The zero-order chi connectivity index (χ0) is 13.1. The maximum Gasteiger partial charge on any atom is 0.0954 e. The number of hydrogen-bond acceptors (Lipinski definition) is 4. The lowest BCUT2D eigenvalue weighted by Gasteiger charge is -2.22. The zero-order valence-electron chi connectivity index (χ0n) is 11.3. The molecule has 2 heterocycles. The Morgan fingerprint density at radius 2 is 2.32 bits per heavy atom. The minimum Gasteiger partial charge on any atom is -0.314 e. The smallest absolute Gasteiger partial charge is 0.0954 e. The number of likely N-dealkylation sites (N-methyl/N-ethyl adjacent to an activating group) is 1. The molecule has 1 saturated heterocycles. The van der Waals surface area contributed by atoms with Crippen molar-refractivity contribution in [2.24, 2.45) is 5.92 Å². The van der Waals surface area contributed by atoms with Crippen LogP contribution in [0.2, 0.25) is 0 Å². The van der Waals surface area contributed by atoms with E-state index in [1.54, 1.807) is 0 Å². The summed E-state index contributed by atoms with van der Waals surface area (Å²) in [6.07, 6.45) is 2.44. The third-order valence-electron chi connectivity index (χ3n) is 3.73. The van der Waals surface area contributed by atoms with Gasteiger partial charge in [-0.3, -0.25) is 0 Å². The molecule has 3 rings (SSSR count). The highest BCUT2D eigenvalue weighted by Gasteiger charge is 2.25. The third-order valence-corrected chi connectivity index (χ3v) is 5.98. The lowest BCUT2D eigenvalue weighted by molar-refractivity contribution is 0.387. The number of benzene rings is 1. The predicted octanol–water partition coefficient (Wildman–Crippen LogP) is 3.57. The van der Waals surface area contributed by atoms with E-state index < -0.39 is 0 Å². The van der Waals surface area contributed by atoms with Crippen molar-refractivity contribution < 1.29 is 0 Å². The van der Waals surface area contributed by atoms with Crippen LogP contribution in [0.25, 0.3) is 10.2 Å². The molecule has 1 aromatic carbocycles. The van der Waals surface area contributed by atoms with E-state index in [0.717, 1.165) is 24.4 Å². The van der Waals surface area contributed by atoms with Crippen LogP contribution in [0.3, 0.4) is 0 Å². The summed E-state index contributed by atoms with van der Waals surface area (Å²) in [7, 11) is 0. The molecule has 1 N–H and O–H groups in total. The molecule has 2 aromatic rings. The molecule has 0 aliphatic carbocycles. The Balaban J connectivity index is 1.76. The molecule has 4 heteroatoms. The highest BCUT2D eigenvalue weighted by atomic mass is 32.2. The average Bonchev–Trinajstić information content (AvgIpc) is 3.07. The van der Waals surface area contributed by atoms with Gasteiger partial charge in [-0.2, -0.15) is 11.8 Å². The van der Waals surface area contributed by atoms with Crippen LogP contribution >= 0.6 is 23.1 Å². The number of hydrogen-bond donors (Lipinski definition) is 1. The quantitative estimate of drug-likeness (QED) is 0.912. The second-order valence-corrected chi connectivity index (χ2v) is 7.33. The Bertz CT molecular complexity index is 499. The van der Waals surface area contributed by atoms with Crippen molar-refractivity contribution in [1.82, 2.24) is 10.3 Å². The van der Waals surface area contributed by atoms with Crippen LogP contribution in [0.4, 0.5) is 0 Å². The van der Waals surface area contributed by atoms with Crippen molar-refractivity contribution in [3.05, 3.63) is 29.3 Å². The second-order valence-electron chi connectivity index (χ2n) is 5.07. The molecule has 2 nitrogen and oxygen atoms in total. The average molecular weight is 292 g/mol. The Kier molecular flexibility index (Phi) is 4.41. The molecule has 102 valence electrons. The molecule has 0 radical (unpaired) electrons. The summed E-state index contributed by atoms with van der Waals surface area (Å²) in [6, 6.07) is 9.05. The number of aromatic nitrogens is 1. The Morgan fingerprint density at radius 1 is 1.42 bits per heavy atom. The van der Waals surface area contributed by atoms with E-state index in [-0.39, 0.29) is 0 Å². The van der Waals surface area contributed by atoms with Gasteiger partial charge in [0.05, 0.1) is 15.2 Å². The minimum absolute atomic E-state index is 0.598. The first-order valence-corrected chi connectivity index (χ1v) is 8.99. The third kappa shape index (κ3) is 3.12. The number of nitrogens with one attached hydrogen (secondary N) is 1. The van der Waals surface area contributed by atoms with Crippen molar-refractivity contribution in [2.75, 3.05) is 18.1 Å². The summed E-state index contributed by atoms with van der Waals surface area (Å²) in [5.74, 6) is 3.45. The van der Waals surface area contributed by atoms with Gasteiger partial charge in [0.25, 0.3) is 0 Å². The fraction of sp³-hybridized carbons (Fsp3) is 0.533. The highest BCUT2D eigenvalue weighted by molar-refractivity contribution is 7.99. The molecule has 2 unspecified atom stereocenters. The standard InChI is InChI=1S/C15H20N2S2/c1-2-16-13(11-7-8-18-10-11)9-15-17-12-5-3-4-6-14(12)19-15/h3-6,11,13,16H,2,7-10H2,1H3. The van der Waals surface area contributed by atoms with Crippen molar-refractivity contribution >= 4 is 33.3 Å². The van der Waals surface area contributed by atoms with Crippen LogP contribution in [0, 0.1) is 5.92 Å². The fourth-order valence-electron chi connectivity index (χ4n) is 2.73. The molecule has 0 spiro atoms. The van der Waals surface area contributed by atoms with Gasteiger partial charge in [-0.1, -0.05) is 19.1 Å². The van der Waals surface area contributed by atoms with Gasteiger partial charge in [-0.15, -0.1) is 11.3 Å². The first kappa shape index (κ1) is 13.4. The van der Waals surface area contributed by atoms with E-state index in [4.69, 9.17) is 4.98 Å². The van der Waals surface area contributed by atoms with Gasteiger partial charge in [0.15, 0.2) is 0 Å². The largest absolute Gasteiger partial charge is 0.314 e. The zero-order valence-corrected chi connectivity index (χ0v) is 12.9. The number of thiazole rings is 1. The van der Waals surface area contributed by atoms with Crippen LogP contribution < -0.4 is 5.32 Å². The molecular formula is C15H20N2S2. The van der Waals surface area contributed by atoms with Crippen LogP contribution in [-0.2, 0) is 6.42 Å². The van der Waals surface area contributed by atoms with Gasteiger partial charge in [0, 0.05) is 12.5 Å². The Labute approximate surface area is 123 Å². The maximum atomic E-state index is 4.78. The lowest BCUT2D eigenvalue weighted by Crippen LogP contribution is -2.38. The summed E-state index contributed by atoms with van der Waals surface area (Å²) in [4.78, 5) is 4.78. The second kappa shape index (κ2) is 6.25. The summed E-state index contributed by atoms with van der Waals surface area (Å²) in [5, 5.41) is 4.95. The maximum absolute atomic E-state index is 4.78. The summed E-state index contributed by atoms with van der Waals surface area (Å²) in [6.45, 7) is 3.25. The van der Waals surface area contributed by atoms with E-state index in [1.165, 1.54) is 27.6 Å². The van der Waals surface area contributed by atoms with Crippen LogP contribution in [-0.4, -0.2) is 29.1 Å². The molecule has 2 atom stereocenters. The molecule has 19 heavy (non-hydrogen) atoms. The van der Waals surface area contributed by atoms with Crippen LogP contribution in [0.1, 0.15) is 18.4 Å². The first-order valence-electron chi connectivity index (χ1n) is 7.02. The summed E-state index contributed by atoms with van der Waals surface area (Å²) in [5.41, 5.74) is 1.15.